The van der Waals surface area contributed by atoms with E-state index >= 15 is 0 Å². The van der Waals surface area contributed by atoms with Gasteiger partial charge in [0.2, 0.25) is 0 Å². The maximum atomic E-state index is 13.0. The van der Waals surface area contributed by atoms with E-state index in [1.165, 1.54) is 0 Å². The summed E-state index contributed by atoms with van der Waals surface area (Å²) in [7, 11) is 0. The molecule has 0 radical (unpaired) electrons. The Morgan fingerprint density at radius 3 is 1.94 bits per heavy atom. The lowest BCUT2D eigenvalue weighted by Crippen LogP contribution is -2.28. The first-order valence-electron chi connectivity index (χ1n) is 4.36. The van der Waals surface area contributed by atoms with E-state index < -0.39 is 41.1 Å². The van der Waals surface area contributed by atoms with Crippen molar-refractivity contribution in [2.45, 2.75) is 18.4 Å². The van der Waals surface area contributed by atoms with Crippen LogP contribution < -0.4 is 5.73 Å². The van der Waals surface area contributed by atoms with Gasteiger partial charge in [0.05, 0.1) is 5.56 Å². The van der Waals surface area contributed by atoms with E-state index in [1.807, 2.05) is 0 Å². The van der Waals surface area contributed by atoms with Crippen LogP contribution in [0.3, 0.4) is 0 Å². The van der Waals surface area contributed by atoms with E-state index in [0.717, 1.165) is 0 Å². The number of halogens is 7. The van der Waals surface area contributed by atoms with Crippen molar-refractivity contribution in [2.75, 3.05) is 0 Å². The fourth-order valence-corrected chi connectivity index (χ4v) is 1.22. The van der Waals surface area contributed by atoms with Crippen LogP contribution in [0.25, 0.3) is 0 Å². The Bertz CT molecular complexity index is 451. The van der Waals surface area contributed by atoms with E-state index in [0.29, 0.717) is 0 Å². The molecular formula is C9H6F7NO. The highest BCUT2D eigenvalue weighted by Gasteiger charge is 2.41. The highest BCUT2D eigenvalue weighted by molar-refractivity contribution is 5.41. The fraction of sp³-hybridized carbons (Fsp3) is 0.333. The van der Waals surface area contributed by atoms with Crippen LogP contribution in [0.1, 0.15) is 17.2 Å². The average Bonchev–Trinajstić information content (AvgIpc) is 2.16. The second kappa shape index (κ2) is 4.30. The number of alkyl halides is 6. The van der Waals surface area contributed by atoms with Gasteiger partial charge in [0.15, 0.2) is 0 Å². The van der Waals surface area contributed by atoms with Gasteiger partial charge < -0.3 is 10.8 Å². The molecule has 0 saturated heterocycles. The molecule has 1 aromatic rings. The Kier molecular flexibility index (Phi) is 3.48. The molecule has 0 aromatic heterocycles. The predicted molar refractivity (Wildman–Crippen MR) is 46.1 cm³/mol. The largest absolute Gasteiger partial charge is 0.508 e. The molecule has 0 amide bonds. The number of aromatic hydroxyl groups is 1. The van der Waals surface area contributed by atoms with Gasteiger partial charge in [-0.2, -0.15) is 26.3 Å². The van der Waals surface area contributed by atoms with Crippen molar-refractivity contribution in [1.82, 2.24) is 0 Å². The van der Waals surface area contributed by atoms with Gasteiger partial charge in [-0.3, -0.25) is 0 Å². The third-order valence-corrected chi connectivity index (χ3v) is 2.11. The first-order chi connectivity index (χ1) is 7.94. The van der Waals surface area contributed by atoms with E-state index in [2.05, 4.69) is 5.73 Å². The molecule has 0 saturated carbocycles. The second-order valence-corrected chi connectivity index (χ2v) is 3.41. The van der Waals surface area contributed by atoms with Gasteiger partial charge in [-0.15, -0.1) is 0 Å². The fourth-order valence-electron chi connectivity index (χ4n) is 1.22. The molecule has 0 heterocycles. The van der Waals surface area contributed by atoms with Gasteiger partial charge in [-0.25, -0.2) is 4.39 Å². The minimum absolute atomic E-state index is 0.0731. The quantitative estimate of drug-likeness (QED) is 0.775. The molecule has 0 aliphatic carbocycles. The molecule has 18 heavy (non-hydrogen) atoms. The van der Waals surface area contributed by atoms with E-state index in [1.54, 1.807) is 0 Å². The van der Waals surface area contributed by atoms with Gasteiger partial charge >= 0.3 is 12.4 Å². The van der Waals surface area contributed by atoms with E-state index in [-0.39, 0.29) is 12.1 Å². The number of phenols is 1. The molecule has 0 aliphatic heterocycles. The number of hydrogen-bond donors (Lipinski definition) is 2. The molecule has 0 unspecified atom stereocenters. The summed E-state index contributed by atoms with van der Waals surface area (Å²) in [5, 5.41) is 9.07. The molecule has 0 spiro atoms. The molecule has 102 valence electrons. The zero-order chi connectivity index (χ0) is 14.3. The van der Waals surface area contributed by atoms with Crippen LogP contribution in [0, 0.1) is 5.82 Å². The number of nitrogens with two attached hydrogens (primary N) is 1. The molecular weight excluding hydrogens is 271 g/mol. The predicted octanol–water partition coefficient (Wildman–Crippen LogP) is 3.11. The van der Waals surface area contributed by atoms with Crippen LogP contribution in [0.2, 0.25) is 0 Å². The first kappa shape index (κ1) is 14.6. The van der Waals surface area contributed by atoms with Crippen molar-refractivity contribution < 1.29 is 35.8 Å². The first-order valence-corrected chi connectivity index (χ1v) is 4.36. The van der Waals surface area contributed by atoms with Gasteiger partial charge in [-0.1, -0.05) is 0 Å². The summed E-state index contributed by atoms with van der Waals surface area (Å²) in [6.45, 7) is 0. The van der Waals surface area contributed by atoms with Crippen molar-refractivity contribution in [3.63, 3.8) is 0 Å². The van der Waals surface area contributed by atoms with Gasteiger partial charge in [-0.05, 0) is 12.1 Å². The summed E-state index contributed by atoms with van der Waals surface area (Å²) in [4.78, 5) is 0. The topological polar surface area (TPSA) is 46.2 Å². The van der Waals surface area contributed by atoms with E-state index in [9.17, 15) is 30.7 Å². The summed E-state index contributed by atoms with van der Waals surface area (Å²) < 4.78 is 86.2. The molecule has 2 nitrogen and oxygen atoms in total. The van der Waals surface area contributed by atoms with Crippen molar-refractivity contribution in [2.24, 2.45) is 5.73 Å². The Balaban J connectivity index is 3.33. The van der Waals surface area contributed by atoms with Crippen LogP contribution >= 0.6 is 0 Å². The summed E-state index contributed by atoms with van der Waals surface area (Å²) in [5.41, 5.74) is 1.65. The van der Waals surface area contributed by atoms with Crippen molar-refractivity contribution in [3.8, 4) is 5.75 Å². The highest BCUT2D eigenvalue weighted by Crippen LogP contribution is 2.39. The summed E-state index contributed by atoms with van der Waals surface area (Å²) in [6.07, 6.45) is -10.1. The lowest BCUT2D eigenvalue weighted by Gasteiger charge is -2.18. The third-order valence-electron chi connectivity index (χ3n) is 2.11. The standard InChI is InChI=1S/C9H6F7NO/c10-5-1-3(7(17)9(14,15)16)6(18)2-4(5)8(11,12)13/h1-2,7,18H,17H2/t7-/m1/s1. The Labute approximate surface area is 95.8 Å². The molecule has 3 N–H and O–H groups in total. The van der Waals surface area contributed by atoms with Crippen LogP contribution in [0.5, 0.6) is 5.75 Å². The van der Waals surface area contributed by atoms with Crippen molar-refractivity contribution in [3.05, 3.63) is 29.1 Å². The normalized spacial score (nSPS) is 14.7. The Hall–Kier alpha value is -1.51. The van der Waals surface area contributed by atoms with Gasteiger partial charge in [0, 0.05) is 5.56 Å². The molecule has 1 atom stereocenters. The molecule has 0 fully saturated rings. The maximum absolute atomic E-state index is 13.0. The van der Waals surface area contributed by atoms with Crippen molar-refractivity contribution in [1.29, 1.82) is 0 Å². The van der Waals surface area contributed by atoms with Crippen LogP contribution in [-0.2, 0) is 6.18 Å². The number of benzene rings is 1. The molecule has 0 aliphatic rings. The minimum Gasteiger partial charge on any atom is -0.508 e. The highest BCUT2D eigenvalue weighted by atomic mass is 19.4. The number of hydrogen-bond acceptors (Lipinski definition) is 2. The molecule has 1 aromatic carbocycles. The minimum atomic E-state index is -5.12. The van der Waals surface area contributed by atoms with Crippen LogP contribution in [0.15, 0.2) is 12.1 Å². The lowest BCUT2D eigenvalue weighted by molar-refractivity contribution is -0.149. The molecule has 0 bridgehead atoms. The number of rotatable bonds is 1. The summed E-state index contributed by atoms with van der Waals surface area (Å²) >= 11 is 0. The third kappa shape index (κ3) is 2.84. The molecule has 9 heteroatoms. The van der Waals surface area contributed by atoms with Gasteiger partial charge in [0.1, 0.15) is 17.6 Å². The monoisotopic (exact) mass is 277 g/mol. The van der Waals surface area contributed by atoms with Crippen LogP contribution in [0.4, 0.5) is 30.7 Å². The smallest absolute Gasteiger partial charge is 0.419 e. The average molecular weight is 277 g/mol. The van der Waals surface area contributed by atoms with Crippen LogP contribution in [-0.4, -0.2) is 11.3 Å². The Morgan fingerprint density at radius 1 is 1.06 bits per heavy atom. The Morgan fingerprint density at radius 2 is 1.56 bits per heavy atom. The summed E-state index contributed by atoms with van der Waals surface area (Å²) in [6, 6.07) is -2.97. The SMILES string of the molecule is N[C@H](c1cc(F)c(C(F)(F)F)cc1O)C(F)(F)F. The zero-order valence-electron chi connectivity index (χ0n) is 8.40. The van der Waals surface area contributed by atoms with Crippen molar-refractivity contribution >= 4 is 0 Å². The lowest BCUT2D eigenvalue weighted by atomic mass is 10.0. The zero-order valence-corrected chi connectivity index (χ0v) is 8.40. The maximum Gasteiger partial charge on any atom is 0.419 e. The second-order valence-electron chi connectivity index (χ2n) is 3.41. The van der Waals surface area contributed by atoms with E-state index in [4.69, 9.17) is 5.11 Å². The summed E-state index contributed by atoms with van der Waals surface area (Å²) in [5.74, 6) is -3.30. The molecule has 1 rings (SSSR count). The van der Waals surface area contributed by atoms with Gasteiger partial charge in [0.25, 0.3) is 0 Å². The number of phenolic OH excluding ortho intramolecular Hbond substituents is 1.